The molecule has 0 spiro atoms. The Kier molecular flexibility index (Phi) is 6.43. The molecule has 0 saturated carbocycles. The minimum Gasteiger partial charge on any atom is -0.462 e. The van der Waals surface area contributed by atoms with E-state index < -0.39 is 0 Å². The number of ether oxygens (including phenoxy) is 1. The fourth-order valence-electron chi connectivity index (χ4n) is 0.392. The van der Waals surface area contributed by atoms with Crippen molar-refractivity contribution in [2.75, 3.05) is 10.7 Å². The van der Waals surface area contributed by atoms with Crippen LogP contribution in [0.1, 0.15) is 13.3 Å². The molecule has 0 saturated heterocycles. The Morgan fingerprint density at radius 3 is 2.60 bits per heavy atom. The van der Waals surface area contributed by atoms with Gasteiger partial charge in [0.1, 0.15) is 6.10 Å². The molecule has 0 aliphatic heterocycles. The van der Waals surface area contributed by atoms with Crippen LogP contribution in [0.25, 0.3) is 0 Å². The van der Waals surface area contributed by atoms with Crippen molar-refractivity contribution in [3.05, 3.63) is 0 Å². The lowest BCUT2D eigenvalue weighted by Gasteiger charge is -2.08. The molecule has 4 heteroatoms. The lowest BCUT2D eigenvalue weighted by atomic mass is 10.4. The number of halogens is 2. The number of hydrogen-bond donors (Lipinski definition) is 0. The molecule has 0 N–H and O–H groups in total. The Balaban J connectivity index is 3.37. The third-order valence-electron chi connectivity index (χ3n) is 0.849. The van der Waals surface area contributed by atoms with E-state index >= 15 is 0 Å². The van der Waals surface area contributed by atoms with E-state index in [1.54, 1.807) is 0 Å². The number of hydrogen-bond acceptors (Lipinski definition) is 2. The second kappa shape index (κ2) is 6.16. The highest BCUT2D eigenvalue weighted by Crippen LogP contribution is 1.99. The molecule has 0 bridgehead atoms. The lowest BCUT2D eigenvalue weighted by molar-refractivity contribution is -0.146. The van der Waals surface area contributed by atoms with Gasteiger partial charge in [0.15, 0.2) is 0 Å². The molecule has 0 aliphatic rings. The first-order valence-electron chi connectivity index (χ1n) is 3.02. The van der Waals surface area contributed by atoms with Crippen LogP contribution in [-0.4, -0.2) is 22.7 Å². The van der Waals surface area contributed by atoms with E-state index in [1.165, 1.54) is 0 Å². The molecule has 0 rings (SSSR count). The van der Waals surface area contributed by atoms with Gasteiger partial charge in [-0.2, -0.15) is 0 Å². The molecule has 60 valence electrons. The highest BCUT2D eigenvalue weighted by atomic mass is 79.9. The molecule has 0 radical (unpaired) electrons. The van der Waals surface area contributed by atoms with E-state index in [1.807, 2.05) is 6.92 Å². The van der Waals surface area contributed by atoms with Crippen LogP contribution in [0.2, 0.25) is 0 Å². The Morgan fingerprint density at radius 2 is 2.20 bits per heavy atom. The maximum absolute atomic E-state index is 10.7. The molecular formula is C6H10Br2O2. The van der Waals surface area contributed by atoms with Crippen molar-refractivity contribution in [3.8, 4) is 0 Å². The largest absolute Gasteiger partial charge is 0.462 e. The molecule has 1 unspecified atom stereocenters. The predicted octanol–water partition coefficient (Wildman–Crippen LogP) is 2.10. The topological polar surface area (TPSA) is 26.3 Å². The fourth-order valence-corrected chi connectivity index (χ4v) is 0.848. The van der Waals surface area contributed by atoms with Crippen LogP contribution in [-0.2, 0) is 9.53 Å². The minimum atomic E-state index is -0.149. The van der Waals surface area contributed by atoms with Crippen molar-refractivity contribution in [1.29, 1.82) is 0 Å². The van der Waals surface area contributed by atoms with Gasteiger partial charge in [0, 0.05) is 10.7 Å². The summed E-state index contributed by atoms with van der Waals surface area (Å²) in [7, 11) is 0. The second-order valence-corrected chi connectivity index (χ2v) is 3.33. The Morgan fingerprint density at radius 1 is 1.60 bits per heavy atom. The average molecular weight is 274 g/mol. The maximum atomic E-state index is 10.7. The first kappa shape index (κ1) is 10.4. The normalized spacial score (nSPS) is 12.7. The molecule has 0 aliphatic carbocycles. The molecule has 10 heavy (non-hydrogen) atoms. The standard InChI is InChI=1S/C6H10Br2O2/c1-5(4-8)10-6(9)2-3-7/h5H,2-4H2,1H3. The van der Waals surface area contributed by atoms with E-state index in [2.05, 4.69) is 31.9 Å². The number of alkyl halides is 2. The number of rotatable bonds is 4. The van der Waals surface area contributed by atoms with Gasteiger partial charge >= 0.3 is 5.97 Å². The number of carbonyl (C=O) groups excluding carboxylic acids is 1. The Bertz CT molecular complexity index is 106. The molecule has 2 nitrogen and oxygen atoms in total. The maximum Gasteiger partial charge on any atom is 0.306 e. The van der Waals surface area contributed by atoms with Gasteiger partial charge in [-0.25, -0.2) is 0 Å². The van der Waals surface area contributed by atoms with Gasteiger partial charge in [-0.15, -0.1) is 0 Å². The third-order valence-corrected chi connectivity index (χ3v) is 2.16. The van der Waals surface area contributed by atoms with Gasteiger partial charge in [0.2, 0.25) is 0 Å². The van der Waals surface area contributed by atoms with E-state index in [0.717, 1.165) is 0 Å². The molecule has 1 atom stereocenters. The van der Waals surface area contributed by atoms with Crippen molar-refractivity contribution >= 4 is 37.8 Å². The van der Waals surface area contributed by atoms with Crippen molar-refractivity contribution in [1.82, 2.24) is 0 Å². The quantitative estimate of drug-likeness (QED) is 0.579. The molecule has 0 fully saturated rings. The highest BCUT2D eigenvalue weighted by molar-refractivity contribution is 9.09. The van der Waals surface area contributed by atoms with Crippen LogP contribution in [0.15, 0.2) is 0 Å². The first-order chi connectivity index (χ1) is 4.70. The minimum absolute atomic E-state index is 0.0217. The zero-order chi connectivity index (χ0) is 7.98. The van der Waals surface area contributed by atoms with Gasteiger partial charge in [-0.05, 0) is 6.92 Å². The predicted molar refractivity (Wildman–Crippen MR) is 47.8 cm³/mol. The van der Waals surface area contributed by atoms with Crippen LogP contribution in [0.5, 0.6) is 0 Å². The molecule has 0 amide bonds. The van der Waals surface area contributed by atoms with Gasteiger partial charge in [0.05, 0.1) is 6.42 Å². The molecule has 0 heterocycles. The van der Waals surface area contributed by atoms with Crippen LogP contribution < -0.4 is 0 Å². The SMILES string of the molecule is CC(CBr)OC(=O)CCBr. The summed E-state index contributed by atoms with van der Waals surface area (Å²) in [6.45, 7) is 1.85. The van der Waals surface area contributed by atoms with E-state index in [4.69, 9.17) is 4.74 Å². The van der Waals surface area contributed by atoms with Crippen LogP contribution in [0, 0.1) is 0 Å². The fraction of sp³-hybridized carbons (Fsp3) is 0.833. The van der Waals surface area contributed by atoms with Crippen LogP contribution in [0.3, 0.4) is 0 Å². The van der Waals surface area contributed by atoms with Crippen molar-refractivity contribution in [2.45, 2.75) is 19.4 Å². The molecular weight excluding hydrogens is 264 g/mol. The molecule has 0 aromatic heterocycles. The van der Waals surface area contributed by atoms with Crippen molar-refractivity contribution in [3.63, 3.8) is 0 Å². The summed E-state index contributed by atoms with van der Waals surface area (Å²) < 4.78 is 4.92. The summed E-state index contributed by atoms with van der Waals surface area (Å²) in [5.41, 5.74) is 0. The summed E-state index contributed by atoms with van der Waals surface area (Å²) in [5.74, 6) is -0.149. The molecule has 0 aromatic rings. The van der Waals surface area contributed by atoms with Crippen molar-refractivity contribution in [2.24, 2.45) is 0 Å². The zero-order valence-electron chi connectivity index (χ0n) is 5.77. The second-order valence-electron chi connectivity index (χ2n) is 1.89. The summed E-state index contributed by atoms with van der Waals surface area (Å²) in [6.07, 6.45) is 0.420. The van der Waals surface area contributed by atoms with Gasteiger partial charge in [0.25, 0.3) is 0 Å². The van der Waals surface area contributed by atoms with Crippen LogP contribution >= 0.6 is 31.9 Å². The first-order valence-corrected chi connectivity index (χ1v) is 5.26. The monoisotopic (exact) mass is 272 g/mol. The molecule has 0 aromatic carbocycles. The Hall–Kier alpha value is 0.430. The van der Waals surface area contributed by atoms with Crippen molar-refractivity contribution < 1.29 is 9.53 Å². The van der Waals surface area contributed by atoms with Gasteiger partial charge in [-0.3, -0.25) is 4.79 Å². The smallest absolute Gasteiger partial charge is 0.306 e. The zero-order valence-corrected chi connectivity index (χ0v) is 8.94. The lowest BCUT2D eigenvalue weighted by Crippen LogP contribution is -2.15. The van der Waals surface area contributed by atoms with Crippen LogP contribution in [0.4, 0.5) is 0 Å². The summed E-state index contributed by atoms with van der Waals surface area (Å²) >= 11 is 6.35. The van der Waals surface area contributed by atoms with E-state index in [0.29, 0.717) is 17.1 Å². The highest BCUT2D eigenvalue weighted by Gasteiger charge is 2.05. The Labute approximate surface area is 77.6 Å². The van der Waals surface area contributed by atoms with E-state index in [-0.39, 0.29) is 12.1 Å². The number of carbonyl (C=O) groups is 1. The summed E-state index contributed by atoms with van der Waals surface area (Å²) in [6, 6.07) is 0. The van der Waals surface area contributed by atoms with Gasteiger partial charge < -0.3 is 4.74 Å². The summed E-state index contributed by atoms with van der Waals surface area (Å²) in [5, 5.41) is 1.36. The average Bonchev–Trinajstić information content (AvgIpc) is 1.88. The number of esters is 1. The summed E-state index contributed by atoms with van der Waals surface area (Å²) in [4.78, 5) is 10.7. The van der Waals surface area contributed by atoms with Gasteiger partial charge in [-0.1, -0.05) is 31.9 Å². The third kappa shape index (κ3) is 5.23. The van der Waals surface area contributed by atoms with E-state index in [9.17, 15) is 4.79 Å².